The minimum atomic E-state index is -0.198. The molecule has 0 bridgehead atoms. The van der Waals surface area contributed by atoms with Gasteiger partial charge in [0.05, 0.1) is 11.6 Å². The number of fused-ring (bicyclic) bond motifs is 2. The first-order chi connectivity index (χ1) is 14.0. The summed E-state index contributed by atoms with van der Waals surface area (Å²) < 4.78 is 0. The van der Waals surface area contributed by atoms with Gasteiger partial charge in [-0.25, -0.2) is 4.98 Å². The summed E-state index contributed by atoms with van der Waals surface area (Å²) in [6.07, 6.45) is 11.1. The zero-order valence-corrected chi connectivity index (χ0v) is 17.3. The van der Waals surface area contributed by atoms with Crippen LogP contribution in [0.2, 0.25) is 0 Å². The molecule has 4 aliphatic rings. The molecule has 1 aromatic rings. The number of likely N-dealkylation sites (tertiary alicyclic amines) is 3. The van der Waals surface area contributed by atoms with E-state index in [1.54, 1.807) is 18.6 Å². The summed E-state index contributed by atoms with van der Waals surface area (Å²) in [5.74, 6) is 0.815. The second-order valence-corrected chi connectivity index (χ2v) is 9.65. The fraction of sp³-hybridized carbons (Fsp3) is 0.727. The molecule has 1 aliphatic carbocycles. The second-order valence-electron chi connectivity index (χ2n) is 9.65. The highest BCUT2D eigenvalue weighted by atomic mass is 16.2. The second kappa shape index (κ2) is 7.04. The summed E-state index contributed by atoms with van der Waals surface area (Å²) >= 11 is 0. The molecule has 7 nitrogen and oxygen atoms in total. The smallest absolute Gasteiger partial charge is 0.274 e. The van der Waals surface area contributed by atoms with Crippen LogP contribution in [0.25, 0.3) is 0 Å². The van der Waals surface area contributed by atoms with Crippen LogP contribution in [0.3, 0.4) is 0 Å². The Kier molecular flexibility index (Phi) is 4.61. The van der Waals surface area contributed by atoms with E-state index >= 15 is 0 Å². The third-order valence-corrected chi connectivity index (χ3v) is 8.17. The quantitative estimate of drug-likeness (QED) is 0.759. The van der Waals surface area contributed by atoms with Gasteiger partial charge < -0.3 is 14.7 Å². The first kappa shape index (κ1) is 19.0. The van der Waals surface area contributed by atoms with Gasteiger partial charge in [-0.15, -0.1) is 0 Å². The zero-order chi connectivity index (χ0) is 20.1. The van der Waals surface area contributed by atoms with Crippen molar-refractivity contribution in [1.29, 1.82) is 0 Å². The average Bonchev–Trinajstić information content (AvgIpc) is 3.46. The number of hydrogen-bond acceptors (Lipinski definition) is 5. The third kappa shape index (κ3) is 2.97. The van der Waals surface area contributed by atoms with Gasteiger partial charge in [-0.1, -0.05) is 0 Å². The van der Waals surface area contributed by atoms with Gasteiger partial charge in [-0.05, 0) is 56.9 Å². The molecule has 5 rings (SSSR count). The maximum Gasteiger partial charge on any atom is 0.274 e. The van der Waals surface area contributed by atoms with Crippen LogP contribution < -0.4 is 0 Å². The first-order valence-electron chi connectivity index (χ1n) is 11.1. The van der Waals surface area contributed by atoms with Crippen molar-refractivity contribution in [2.45, 2.75) is 38.5 Å². The fourth-order valence-corrected chi connectivity index (χ4v) is 6.71. The summed E-state index contributed by atoms with van der Waals surface area (Å²) in [5, 5.41) is 0. The van der Waals surface area contributed by atoms with Crippen molar-refractivity contribution < 1.29 is 9.59 Å². The fourth-order valence-electron chi connectivity index (χ4n) is 6.71. The Morgan fingerprint density at radius 1 is 1.00 bits per heavy atom. The molecule has 0 unspecified atom stereocenters. The molecule has 3 saturated heterocycles. The minimum Gasteiger partial charge on any atom is -0.342 e. The topological polar surface area (TPSA) is 69.6 Å². The third-order valence-electron chi connectivity index (χ3n) is 8.17. The van der Waals surface area contributed by atoms with Crippen LogP contribution in [0.1, 0.15) is 49.0 Å². The van der Waals surface area contributed by atoms with Gasteiger partial charge >= 0.3 is 0 Å². The summed E-state index contributed by atoms with van der Waals surface area (Å²) in [6.45, 7) is 5.29. The molecule has 156 valence electrons. The monoisotopic (exact) mass is 397 g/mol. The van der Waals surface area contributed by atoms with Crippen molar-refractivity contribution in [2.24, 2.45) is 16.7 Å². The summed E-state index contributed by atoms with van der Waals surface area (Å²) in [6, 6.07) is 0. The van der Waals surface area contributed by atoms with Crippen molar-refractivity contribution >= 4 is 11.8 Å². The molecule has 1 saturated carbocycles. The number of aromatic nitrogens is 2. The van der Waals surface area contributed by atoms with Crippen LogP contribution in [0.15, 0.2) is 18.6 Å². The van der Waals surface area contributed by atoms with Gasteiger partial charge in [0.1, 0.15) is 5.69 Å². The normalized spacial score (nSPS) is 31.4. The molecule has 1 spiro atoms. The molecule has 4 heterocycles. The average molecular weight is 398 g/mol. The number of hydrogen-bond donors (Lipinski definition) is 0. The molecular formula is C22H31N5O2. The van der Waals surface area contributed by atoms with Crippen molar-refractivity contribution in [3.8, 4) is 0 Å². The Bertz CT molecular complexity index is 786. The van der Waals surface area contributed by atoms with Crippen LogP contribution in [0.5, 0.6) is 0 Å². The molecule has 1 aromatic heterocycles. The van der Waals surface area contributed by atoms with Gasteiger partial charge in [0.25, 0.3) is 5.91 Å². The Hall–Kier alpha value is -2.02. The van der Waals surface area contributed by atoms with E-state index in [1.165, 1.54) is 0 Å². The van der Waals surface area contributed by atoms with E-state index in [0.29, 0.717) is 17.5 Å². The van der Waals surface area contributed by atoms with Crippen molar-refractivity contribution in [3.05, 3.63) is 24.3 Å². The highest BCUT2D eigenvalue weighted by Crippen LogP contribution is 2.62. The number of amides is 2. The van der Waals surface area contributed by atoms with Crippen molar-refractivity contribution in [1.82, 2.24) is 24.7 Å². The highest BCUT2D eigenvalue weighted by Gasteiger charge is 2.64. The van der Waals surface area contributed by atoms with Crippen LogP contribution in [-0.2, 0) is 4.79 Å². The molecule has 0 aromatic carbocycles. The maximum atomic E-state index is 13.6. The Labute approximate surface area is 172 Å². The summed E-state index contributed by atoms with van der Waals surface area (Å²) in [4.78, 5) is 41.0. The first-order valence-corrected chi connectivity index (χ1v) is 11.1. The number of carbonyl (C=O) groups is 2. The van der Waals surface area contributed by atoms with E-state index in [1.807, 2.05) is 4.90 Å². The zero-order valence-electron chi connectivity index (χ0n) is 17.3. The van der Waals surface area contributed by atoms with Crippen LogP contribution in [-0.4, -0.2) is 82.8 Å². The molecule has 0 radical (unpaired) electrons. The van der Waals surface area contributed by atoms with Crippen molar-refractivity contribution in [2.75, 3.05) is 46.3 Å². The standard InChI is InChI=1S/C22H31N5O2/c1-25-15-18-21(4-5-22(18,16-25)20(29)27-10-2-3-11-27)6-12-26(13-7-21)19(28)17-14-23-8-9-24-17/h8-9,14,18H,2-7,10-13,15-16H2,1H3/t18-,22+/m0/s1. The predicted molar refractivity (Wildman–Crippen MR) is 108 cm³/mol. The van der Waals surface area contributed by atoms with Gasteiger partial charge in [-0.3, -0.25) is 14.6 Å². The van der Waals surface area contributed by atoms with E-state index in [0.717, 1.165) is 77.8 Å². The van der Waals surface area contributed by atoms with E-state index < -0.39 is 0 Å². The van der Waals surface area contributed by atoms with Crippen LogP contribution >= 0.6 is 0 Å². The molecule has 0 N–H and O–H groups in total. The Morgan fingerprint density at radius 3 is 2.45 bits per heavy atom. The maximum absolute atomic E-state index is 13.6. The molecule has 2 atom stereocenters. The molecular weight excluding hydrogens is 366 g/mol. The lowest BCUT2D eigenvalue weighted by molar-refractivity contribution is -0.142. The molecule has 3 aliphatic heterocycles. The Morgan fingerprint density at radius 2 is 1.76 bits per heavy atom. The van der Waals surface area contributed by atoms with Crippen molar-refractivity contribution in [3.63, 3.8) is 0 Å². The lowest BCUT2D eigenvalue weighted by Crippen LogP contribution is -2.50. The number of rotatable bonds is 2. The SMILES string of the molecule is CN1C[C@H]2C3(CCN(C(=O)c4cnccn4)CC3)CC[C@@]2(C(=O)N2CCCC2)C1. The number of carbonyl (C=O) groups excluding carboxylic acids is 2. The van der Waals surface area contributed by atoms with Gasteiger partial charge in [0.2, 0.25) is 5.91 Å². The largest absolute Gasteiger partial charge is 0.342 e. The van der Waals surface area contributed by atoms with E-state index in [-0.39, 0.29) is 16.7 Å². The lowest BCUT2D eigenvalue weighted by Gasteiger charge is -2.44. The highest BCUT2D eigenvalue weighted by molar-refractivity contribution is 5.92. The lowest BCUT2D eigenvalue weighted by atomic mass is 9.65. The van der Waals surface area contributed by atoms with Gasteiger partial charge in [-0.2, -0.15) is 0 Å². The summed E-state index contributed by atoms with van der Waals surface area (Å²) in [7, 11) is 2.16. The molecule has 2 amide bonds. The summed E-state index contributed by atoms with van der Waals surface area (Å²) in [5.41, 5.74) is 0.421. The Balaban J connectivity index is 1.33. The number of nitrogens with zero attached hydrogens (tertiary/aromatic N) is 5. The van der Waals surface area contributed by atoms with E-state index in [4.69, 9.17) is 0 Å². The van der Waals surface area contributed by atoms with Crippen LogP contribution in [0, 0.1) is 16.7 Å². The van der Waals surface area contributed by atoms with Gasteiger partial charge in [0, 0.05) is 51.7 Å². The molecule has 29 heavy (non-hydrogen) atoms. The number of piperidine rings is 1. The minimum absolute atomic E-state index is 0.0195. The van der Waals surface area contributed by atoms with E-state index in [9.17, 15) is 9.59 Å². The van der Waals surface area contributed by atoms with Gasteiger partial charge in [0.15, 0.2) is 0 Å². The molecule has 4 fully saturated rings. The van der Waals surface area contributed by atoms with E-state index in [2.05, 4.69) is 26.8 Å². The van der Waals surface area contributed by atoms with Crippen LogP contribution in [0.4, 0.5) is 0 Å². The molecule has 7 heteroatoms. The predicted octanol–water partition coefficient (Wildman–Crippen LogP) is 1.66.